The van der Waals surface area contributed by atoms with Gasteiger partial charge in [0.15, 0.2) is 0 Å². The van der Waals surface area contributed by atoms with Crippen molar-refractivity contribution in [2.45, 2.75) is 32.2 Å². The Balaban J connectivity index is 0.00000256. The van der Waals surface area contributed by atoms with E-state index in [2.05, 4.69) is 15.6 Å². The van der Waals surface area contributed by atoms with Gasteiger partial charge in [-0.3, -0.25) is 4.79 Å². The lowest BCUT2D eigenvalue weighted by atomic mass is 9.92. The van der Waals surface area contributed by atoms with Gasteiger partial charge in [0.2, 0.25) is 5.91 Å². The summed E-state index contributed by atoms with van der Waals surface area (Å²) in [5.41, 5.74) is 3.99. The van der Waals surface area contributed by atoms with Crippen molar-refractivity contribution in [3.63, 3.8) is 0 Å². The average molecular weight is 421 g/mol. The van der Waals surface area contributed by atoms with E-state index in [0.29, 0.717) is 17.9 Å². The van der Waals surface area contributed by atoms with Crippen LogP contribution in [-0.4, -0.2) is 22.0 Å². The third kappa shape index (κ3) is 5.08. The minimum absolute atomic E-state index is 0. The van der Waals surface area contributed by atoms with Crippen molar-refractivity contribution in [3.05, 3.63) is 83.9 Å². The van der Waals surface area contributed by atoms with Crippen LogP contribution in [0.4, 0.5) is 5.69 Å². The van der Waals surface area contributed by atoms with E-state index in [0.717, 1.165) is 49.3 Å². The lowest BCUT2D eigenvalue weighted by Gasteiger charge is -2.32. The van der Waals surface area contributed by atoms with Crippen molar-refractivity contribution in [3.8, 4) is 6.07 Å². The van der Waals surface area contributed by atoms with Crippen LogP contribution in [0, 0.1) is 17.2 Å². The van der Waals surface area contributed by atoms with Crippen molar-refractivity contribution >= 4 is 24.0 Å². The number of imidazole rings is 1. The number of halogens is 1. The van der Waals surface area contributed by atoms with Crippen LogP contribution in [0.2, 0.25) is 0 Å². The molecule has 1 amide bonds. The van der Waals surface area contributed by atoms with Crippen molar-refractivity contribution in [2.75, 3.05) is 11.4 Å². The van der Waals surface area contributed by atoms with E-state index < -0.39 is 0 Å². The highest BCUT2D eigenvalue weighted by molar-refractivity contribution is 5.94. The van der Waals surface area contributed by atoms with Crippen LogP contribution in [0.15, 0.2) is 67.1 Å². The number of nitrogens with zero attached hydrogens (tertiary/aromatic N) is 4. The monoisotopic (exact) mass is 420 g/mol. The second-order valence-corrected chi connectivity index (χ2v) is 7.59. The van der Waals surface area contributed by atoms with E-state index in [9.17, 15) is 4.79 Å². The zero-order valence-corrected chi connectivity index (χ0v) is 17.6. The molecular weight excluding hydrogens is 396 g/mol. The number of nitriles is 1. The van der Waals surface area contributed by atoms with Crippen LogP contribution in [0.25, 0.3) is 0 Å². The average Bonchev–Trinajstić information content (AvgIpc) is 3.20. The summed E-state index contributed by atoms with van der Waals surface area (Å²) in [6, 6.07) is 19.8. The van der Waals surface area contributed by atoms with Gasteiger partial charge in [0, 0.05) is 43.5 Å². The second kappa shape index (κ2) is 10.1. The summed E-state index contributed by atoms with van der Waals surface area (Å²) in [4.78, 5) is 18.8. The number of carbonyl (C=O) groups is 1. The maximum Gasteiger partial charge on any atom is 0.227 e. The molecule has 1 aromatic heterocycles. The van der Waals surface area contributed by atoms with E-state index in [1.54, 1.807) is 0 Å². The van der Waals surface area contributed by atoms with Crippen LogP contribution >= 0.6 is 12.4 Å². The van der Waals surface area contributed by atoms with E-state index in [1.807, 2.05) is 72.0 Å². The number of piperidine rings is 1. The van der Waals surface area contributed by atoms with Crippen molar-refractivity contribution in [2.24, 2.45) is 5.92 Å². The van der Waals surface area contributed by atoms with Gasteiger partial charge < -0.3 is 9.47 Å². The standard InChI is InChI=1S/C24H24N4O.ClH/c25-16-21-8-6-19(7-9-21)14-23-17-26-18-27(23)12-10-20-11-13-28(24(29)15-20)22-4-2-1-3-5-22;/h1-9,17-18,20H,10-15H2;1H. The molecule has 30 heavy (non-hydrogen) atoms. The lowest BCUT2D eigenvalue weighted by Crippen LogP contribution is -2.39. The molecule has 154 valence electrons. The number of hydrogen-bond acceptors (Lipinski definition) is 3. The minimum atomic E-state index is 0. The number of benzene rings is 2. The van der Waals surface area contributed by atoms with E-state index in [4.69, 9.17) is 5.26 Å². The molecular formula is C24H25ClN4O. The normalized spacial score (nSPS) is 16.0. The first-order valence-corrected chi connectivity index (χ1v) is 10.1. The van der Waals surface area contributed by atoms with Gasteiger partial charge in [0.05, 0.1) is 18.0 Å². The fourth-order valence-corrected chi connectivity index (χ4v) is 3.95. The van der Waals surface area contributed by atoms with Gasteiger partial charge in [-0.1, -0.05) is 30.3 Å². The molecule has 1 aliphatic rings. The summed E-state index contributed by atoms with van der Waals surface area (Å²) in [6.07, 6.45) is 7.18. The lowest BCUT2D eigenvalue weighted by molar-refractivity contribution is -0.120. The third-order valence-electron chi connectivity index (χ3n) is 5.64. The molecule has 1 saturated heterocycles. The molecule has 1 fully saturated rings. The van der Waals surface area contributed by atoms with Crippen molar-refractivity contribution in [1.29, 1.82) is 5.26 Å². The van der Waals surface area contributed by atoms with Crippen molar-refractivity contribution < 1.29 is 4.79 Å². The van der Waals surface area contributed by atoms with Crippen LogP contribution < -0.4 is 4.90 Å². The molecule has 0 radical (unpaired) electrons. The molecule has 3 aromatic rings. The molecule has 0 saturated carbocycles. The van der Waals surface area contributed by atoms with Gasteiger partial charge in [-0.2, -0.15) is 5.26 Å². The smallest absolute Gasteiger partial charge is 0.227 e. The highest BCUT2D eigenvalue weighted by Gasteiger charge is 2.26. The number of para-hydroxylation sites is 1. The summed E-state index contributed by atoms with van der Waals surface area (Å²) in [7, 11) is 0. The molecule has 4 rings (SSSR count). The second-order valence-electron chi connectivity index (χ2n) is 7.59. The largest absolute Gasteiger partial charge is 0.334 e. The number of amides is 1. The Morgan fingerprint density at radius 3 is 2.57 bits per heavy atom. The third-order valence-corrected chi connectivity index (χ3v) is 5.64. The number of carbonyl (C=O) groups excluding carboxylic acids is 1. The van der Waals surface area contributed by atoms with Crippen LogP contribution in [0.3, 0.4) is 0 Å². The molecule has 1 unspecified atom stereocenters. The van der Waals surface area contributed by atoms with Crippen LogP contribution in [-0.2, 0) is 17.8 Å². The maximum absolute atomic E-state index is 12.6. The zero-order valence-electron chi connectivity index (χ0n) is 16.8. The Bertz CT molecular complexity index is 1010. The first-order valence-electron chi connectivity index (χ1n) is 10.1. The molecule has 0 N–H and O–H groups in total. The SMILES string of the molecule is Cl.N#Cc1ccc(Cc2cncn2CCC2CCN(c3ccccc3)C(=O)C2)cc1. The molecule has 0 bridgehead atoms. The Hall–Kier alpha value is -3.10. The highest BCUT2D eigenvalue weighted by Crippen LogP contribution is 2.26. The van der Waals surface area contributed by atoms with E-state index in [-0.39, 0.29) is 18.3 Å². The van der Waals surface area contributed by atoms with Gasteiger partial charge in [-0.15, -0.1) is 12.4 Å². The molecule has 6 heteroatoms. The predicted molar refractivity (Wildman–Crippen MR) is 120 cm³/mol. The van der Waals surface area contributed by atoms with Crippen LogP contribution in [0.1, 0.15) is 36.1 Å². The fraction of sp³-hybridized carbons (Fsp3) is 0.292. The summed E-state index contributed by atoms with van der Waals surface area (Å²) < 4.78 is 2.19. The number of anilines is 1. The number of rotatable bonds is 6. The predicted octanol–water partition coefficient (Wildman–Crippen LogP) is 4.60. The van der Waals surface area contributed by atoms with Crippen LogP contribution in [0.5, 0.6) is 0 Å². The summed E-state index contributed by atoms with van der Waals surface area (Å²) >= 11 is 0. The first kappa shape index (κ1) is 21.6. The molecule has 0 spiro atoms. The topological polar surface area (TPSA) is 61.9 Å². The Labute approximate surface area is 183 Å². The molecule has 1 atom stereocenters. The van der Waals surface area contributed by atoms with Gasteiger partial charge in [-0.05, 0) is 48.6 Å². The maximum atomic E-state index is 12.6. The minimum Gasteiger partial charge on any atom is -0.334 e. The van der Waals surface area contributed by atoms with Gasteiger partial charge in [0.1, 0.15) is 0 Å². The summed E-state index contributed by atoms with van der Waals surface area (Å²) in [6.45, 7) is 1.66. The zero-order chi connectivity index (χ0) is 20.1. The molecule has 0 aliphatic carbocycles. The Morgan fingerprint density at radius 2 is 1.87 bits per heavy atom. The molecule has 2 aromatic carbocycles. The van der Waals surface area contributed by atoms with Gasteiger partial charge in [0.25, 0.3) is 0 Å². The fourth-order valence-electron chi connectivity index (χ4n) is 3.95. The summed E-state index contributed by atoms with van der Waals surface area (Å²) in [5.74, 6) is 0.628. The number of hydrogen-bond donors (Lipinski definition) is 0. The van der Waals surface area contributed by atoms with E-state index in [1.165, 1.54) is 0 Å². The molecule has 1 aliphatic heterocycles. The molecule has 2 heterocycles. The first-order chi connectivity index (χ1) is 14.2. The highest BCUT2D eigenvalue weighted by atomic mass is 35.5. The Morgan fingerprint density at radius 1 is 1.10 bits per heavy atom. The Kier molecular flexibility index (Phi) is 7.26. The quantitative estimate of drug-likeness (QED) is 0.585. The van der Waals surface area contributed by atoms with Gasteiger partial charge in [-0.25, -0.2) is 4.98 Å². The number of aromatic nitrogens is 2. The van der Waals surface area contributed by atoms with Gasteiger partial charge >= 0.3 is 0 Å². The molecule has 5 nitrogen and oxygen atoms in total. The van der Waals surface area contributed by atoms with Crippen molar-refractivity contribution in [1.82, 2.24) is 9.55 Å². The number of aryl methyl sites for hydroxylation is 1. The summed E-state index contributed by atoms with van der Waals surface area (Å²) in [5, 5.41) is 8.93. The van der Waals surface area contributed by atoms with E-state index >= 15 is 0 Å².